The molecule has 27 heavy (non-hydrogen) atoms. The van der Waals surface area contributed by atoms with Crippen molar-refractivity contribution in [1.82, 2.24) is 9.47 Å². The van der Waals surface area contributed by atoms with Crippen LogP contribution in [-0.4, -0.2) is 41.5 Å². The molecule has 0 spiro atoms. The first-order valence-electron chi connectivity index (χ1n) is 9.15. The Balaban J connectivity index is 1.55. The van der Waals surface area contributed by atoms with Gasteiger partial charge in [-0.2, -0.15) is 0 Å². The summed E-state index contributed by atoms with van der Waals surface area (Å²) in [5, 5.41) is 0. The highest BCUT2D eigenvalue weighted by atomic mass is 19.1. The van der Waals surface area contributed by atoms with Crippen molar-refractivity contribution >= 4 is 23.0 Å². The van der Waals surface area contributed by atoms with E-state index in [-0.39, 0.29) is 17.9 Å². The van der Waals surface area contributed by atoms with Crippen LogP contribution in [0.4, 0.5) is 4.39 Å². The van der Waals surface area contributed by atoms with Crippen molar-refractivity contribution in [3.63, 3.8) is 0 Å². The monoisotopic (exact) mass is 378 g/mol. The molecule has 0 unspecified atom stereocenters. The number of hydrogen-bond acceptors (Lipinski definition) is 5. The van der Waals surface area contributed by atoms with Crippen LogP contribution in [0.5, 0.6) is 0 Å². The molecule has 146 valence electrons. The number of likely N-dealkylation sites (tertiary alicyclic amines) is 1. The first kappa shape index (κ1) is 19.1. The second kappa shape index (κ2) is 8.37. The molecule has 1 aliphatic heterocycles. The molecule has 0 radical (unpaired) electrons. The zero-order chi connectivity index (χ0) is 19.4. The summed E-state index contributed by atoms with van der Waals surface area (Å²) < 4.78 is 24.8. The maximum absolute atomic E-state index is 13.5. The summed E-state index contributed by atoms with van der Waals surface area (Å²) in [5.41, 5.74) is 0.818. The van der Waals surface area contributed by atoms with E-state index in [1.165, 1.54) is 29.9 Å². The Bertz CT molecular complexity index is 880. The lowest BCUT2D eigenvalue weighted by atomic mass is 10.0. The largest absolute Gasteiger partial charge is 0.469 e. The maximum atomic E-state index is 13.5. The van der Waals surface area contributed by atoms with E-state index in [4.69, 9.17) is 4.42 Å². The van der Waals surface area contributed by atoms with E-state index in [9.17, 15) is 18.8 Å². The van der Waals surface area contributed by atoms with Gasteiger partial charge in [0.1, 0.15) is 5.82 Å². The number of hydrogen-bond donors (Lipinski definition) is 0. The third kappa shape index (κ3) is 4.37. The van der Waals surface area contributed by atoms with E-state index < -0.39 is 11.6 Å². The molecule has 3 rings (SSSR count). The van der Waals surface area contributed by atoms with Gasteiger partial charge >= 0.3 is 11.7 Å². The Kier molecular flexibility index (Phi) is 5.93. The fraction of sp³-hybridized carbons (Fsp3) is 0.526. The minimum absolute atomic E-state index is 0.0498. The van der Waals surface area contributed by atoms with Crippen molar-refractivity contribution in [2.75, 3.05) is 20.2 Å². The molecule has 0 aliphatic carbocycles. The average molecular weight is 378 g/mol. The van der Waals surface area contributed by atoms with Gasteiger partial charge in [-0.05, 0) is 37.8 Å². The Morgan fingerprint density at radius 3 is 2.63 bits per heavy atom. The lowest BCUT2D eigenvalue weighted by molar-refractivity contribution is -0.141. The summed E-state index contributed by atoms with van der Waals surface area (Å²) in [4.78, 5) is 37.3. The van der Waals surface area contributed by atoms with Crippen molar-refractivity contribution in [3.05, 3.63) is 34.6 Å². The third-order valence-corrected chi connectivity index (χ3v) is 5.01. The molecule has 0 bridgehead atoms. The van der Waals surface area contributed by atoms with Gasteiger partial charge in [0, 0.05) is 38.0 Å². The fourth-order valence-electron chi connectivity index (χ4n) is 3.53. The molecule has 2 aromatic rings. The van der Waals surface area contributed by atoms with Crippen molar-refractivity contribution in [3.8, 4) is 0 Å². The van der Waals surface area contributed by atoms with E-state index in [0.717, 1.165) is 0 Å². The summed E-state index contributed by atoms with van der Waals surface area (Å²) in [7, 11) is 1.35. The number of amides is 1. The van der Waals surface area contributed by atoms with Crippen LogP contribution in [-0.2, 0) is 14.3 Å². The predicted molar refractivity (Wildman–Crippen MR) is 95.8 cm³/mol. The number of aromatic nitrogens is 1. The van der Waals surface area contributed by atoms with Gasteiger partial charge < -0.3 is 14.1 Å². The quantitative estimate of drug-likeness (QED) is 0.570. The number of benzene rings is 1. The van der Waals surface area contributed by atoms with Crippen LogP contribution in [0.15, 0.2) is 27.4 Å². The lowest BCUT2D eigenvalue weighted by Crippen LogP contribution is -2.40. The van der Waals surface area contributed by atoms with Crippen LogP contribution in [0.3, 0.4) is 0 Å². The summed E-state index contributed by atoms with van der Waals surface area (Å²) in [5.74, 6) is -1.13. The highest BCUT2D eigenvalue weighted by molar-refractivity contribution is 5.76. The first-order chi connectivity index (χ1) is 13.0. The molecule has 1 aliphatic rings. The topological polar surface area (TPSA) is 81.8 Å². The Hall–Kier alpha value is -2.64. The van der Waals surface area contributed by atoms with Crippen LogP contribution >= 0.6 is 0 Å². The Morgan fingerprint density at radius 2 is 1.93 bits per heavy atom. The number of fused-ring (bicyclic) bond motifs is 1. The van der Waals surface area contributed by atoms with Gasteiger partial charge in [-0.25, -0.2) is 9.18 Å². The van der Waals surface area contributed by atoms with Gasteiger partial charge in [-0.3, -0.25) is 14.2 Å². The van der Waals surface area contributed by atoms with Crippen LogP contribution in [0.2, 0.25) is 0 Å². The normalized spacial score (nSPS) is 15.3. The van der Waals surface area contributed by atoms with Gasteiger partial charge in [-0.1, -0.05) is 0 Å². The maximum Gasteiger partial charge on any atom is 0.420 e. The number of carbonyl (C=O) groups excluding carboxylic acids is 2. The van der Waals surface area contributed by atoms with Gasteiger partial charge in [0.05, 0.1) is 12.6 Å². The number of ether oxygens (including phenoxy) is 1. The summed E-state index contributed by atoms with van der Waals surface area (Å²) >= 11 is 0. The van der Waals surface area contributed by atoms with Crippen molar-refractivity contribution in [2.24, 2.45) is 0 Å². The smallest absolute Gasteiger partial charge is 0.420 e. The van der Waals surface area contributed by atoms with Crippen LogP contribution in [0.1, 0.15) is 44.6 Å². The molecule has 1 amide bonds. The van der Waals surface area contributed by atoms with Gasteiger partial charge in [0.15, 0.2) is 5.58 Å². The standard InChI is InChI=1S/C19H23FN2O5/c1-26-18(24)5-3-2-4-17(23)21-10-8-14(9-11-21)22-15-12-13(20)6-7-16(15)27-19(22)25/h6-7,12,14H,2-5,8-11H2,1H3. The Morgan fingerprint density at radius 1 is 1.22 bits per heavy atom. The van der Waals surface area contributed by atoms with E-state index in [2.05, 4.69) is 4.74 Å². The van der Waals surface area contributed by atoms with Gasteiger partial charge in [0.25, 0.3) is 0 Å². The molecule has 2 heterocycles. The molecule has 0 N–H and O–H groups in total. The summed E-state index contributed by atoms with van der Waals surface area (Å²) in [6.07, 6.45) is 3.19. The molecule has 1 fully saturated rings. The van der Waals surface area contributed by atoms with Gasteiger partial charge in [0.2, 0.25) is 5.91 Å². The van der Waals surface area contributed by atoms with Crippen molar-refractivity contribution < 1.29 is 23.1 Å². The average Bonchev–Trinajstić information content (AvgIpc) is 2.99. The number of esters is 1. The van der Waals surface area contributed by atoms with Crippen molar-refractivity contribution in [2.45, 2.75) is 44.6 Å². The summed E-state index contributed by atoms with van der Waals surface area (Å²) in [6.45, 7) is 1.07. The number of unbranched alkanes of at least 4 members (excludes halogenated alkanes) is 1. The molecule has 1 aromatic carbocycles. The minimum Gasteiger partial charge on any atom is -0.469 e. The number of methoxy groups -OCH3 is 1. The molecular weight excluding hydrogens is 355 g/mol. The highest BCUT2D eigenvalue weighted by Gasteiger charge is 2.26. The van der Waals surface area contributed by atoms with E-state index >= 15 is 0 Å². The highest BCUT2D eigenvalue weighted by Crippen LogP contribution is 2.26. The SMILES string of the molecule is COC(=O)CCCCC(=O)N1CCC(n2c(=O)oc3ccc(F)cc32)CC1. The zero-order valence-electron chi connectivity index (χ0n) is 15.3. The number of rotatable bonds is 6. The molecular formula is C19H23FN2O5. The summed E-state index contributed by atoms with van der Waals surface area (Å²) in [6, 6.07) is 3.90. The molecule has 8 heteroatoms. The molecule has 1 aromatic heterocycles. The number of carbonyl (C=O) groups is 2. The number of oxazole rings is 1. The first-order valence-corrected chi connectivity index (χ1v) is 9.15. The molecule has 0 saturated carbocycles. The van der Waals surface area contributed by atoms with E-state index in [0.29, 0.717) is 62.7 Å². The van der Waals surface area contributed by atoms with Crippen molar-refractivity contribution in [1.29, 1.82) is 0 Å². The Labute approximate surface area is 155 Å². The number of halogens is 1. The molecule has 0 atom stereocenters. The van der Waals surface area contributed by atoms with E-state index in [1.807, 2.05) is 0 Å². The molecule has 1 saturated heterocycles. The fourth-order valence-corrected chi connectivity index (χ4v) is 3.53. The second-order valence-electron chi connectivity index (χ2n) is 6.75. The zero-order valence-corrected chi connectivity index (χ0v) is 15.3. The van der Waals surface area contributed by atoms with Gasteiger partial charge in [-0.15, -0.1) is 0 Å². The molecule has 7 nitrogen and oxygen atoms in total. The predicted octanol–water partition coefficient (Wildman–Crippen LogP) is 2.63. The third-order valence-electron chi connectivity index (χ3n) is 5.01. The van der Waals surface area contributed by atoms with Crippen LogP contribution < -0.4 is 5.76 Å². The second-order valence-corrected chi connectivity index (χ2v) is 6.75. The van der Waals surface area contributed by atoms with Crippen LogP contribution in [0, 0.1) is 5.82 Å². The number of piperidine rings is 1. The minimum atomic E-state index is -0.497. The number of nitrogens with zero attached hydrogens (tertiary/aromatic N) is 2. The lowest BCUT2D eigenvalue weighted by Gasteiger charge is -2.32. The van der Waals surface area contributed by atoms with Crippen LogP contribution in [0.25, 0.3) is 11.1 Å². The van der Waals surface area contributed by atoms with E-state index in [1.54, 1.807) is 4.90 Å².